The number of amides is 1. The van der Waals surface area contributed by atoms with Crippen molar-refractivity contribution in [1.82, 2.24) is 24.4 Å². The number of anilines is 2. The summed E-state index contributed by atoms with van der Waals surface area (Å²) in [5.74, 6) is 6.26. The molecule has 0 atom stereocenters. The maximum Gasteiger partial charge on any atom is 0.416 e. The minimum atomic E-state index is -4.54. The Hall–Kier alpha value is -4.40. The molecule has 1 aliphatic rings. The average molecular weight is 606 g/mol. The van der Waals surface area contributed by atoms with Crippen molar-refractivity contribution in [1.29, 1.82) is 0 Å². The smallest absolute Gasteiger partial charge is 0.356 e. The van der Waals surface area contributed by atoms with Gasteiger partial charge in [-0.1, -0.05) is 37.8 Å². The number of piperazine rings is 1. The van der Waals surface area contributed by atoms with E-state index in [0.717, 1.165) is 35.8 Å². The van der Waals surface area contributed by atoms with Gasteiger partial charge in [0.2, 0.25) is 5.95 Å². The molecule has 4 aromatic rings. The summed E-state index contributed by atoms with van der Waals surface area (Å²) in [7, 11) is 3.74. The predicted molar refractivity (Wildman–Crippen MR) is 168 cm³/mol. The van der Waals surface area contributed by atoms with Gasteiger partial charge in [-0.05, 0) is 67.9 Å². The molecular weight excluding hydrogens is 567 g/mol. The van der Waals surface area contributed by atoms with Crippen LogP contribution in [0.15, 0.2) is 48.7 Å². The van der Waals surface area contributed by atoms with Crippen LogP contribution in [0.3, 0.4) is 0 Å². The van der Waals surface area contributed by atoms with Gasteiger partial charge in [0.25, 0.3) is 5.91 Å². The summed E-state index contributed by atoms with van der Waals surface area (Å²) in [5, 5.41) is 9.88. The molecule has 0 bridgehead atoms. The number of alkyl halides is 3. The Morgan fingerprint density at radius 3 is 2.34 bits per heavy atom. The molecule has 1 fully saturated rings. The number of nitrogens with one attached hydrogen (secondary N) is 2. The average Bonchev–Trinajstić information content (AvgIpc) is 3.40. The summed E-state index contributed by atoms with van der Waals surface area (Å²) >= 11 is 0. The van der Waals surface area contributed by atoms with E-state index in [1.165, 1.54) is 12.1 Å². The van der Waals surface area contributed by atoms with Crippen LogP contribution in [0, 0.1) is 25.7 Å². The number of carbonyl (C=O) groups excluding carboxylic acids is 1. The molecule has 44 heavy (non-hydrogen) atoms. The van der Waals surface area contributed by atoms with E-state index < -0.39 is 17.6 Å². The van der Waals surface area contributed by atoms with Gasteiger partial charge in [0.15, 0.2) is 5.65 Å². The zero-order chi connectivity index (χ0) is 32.0. The number of halogens is 3. The summed E-state index contributed by atoms with van der Waals surface area (Å²) in [5.41, 5.74) is 3.70. The highest BCUT2D eigenvalue weighted by molar-refractivity contribution is 6.04. The number of fused-ring (bicyclic) bond motifs is 1. The van der Waals surface area contributed by atoms with Crippen LogP contribution in [0.4, 0.5) is 24.8 Å². The lowest BCUT2D eigenvalue weighted by Gasteiger charge is -2.33. The van der Waals surface area contributed by atoms with Crippen LogP contribution in [0.1, 0.15) is 57.6 Å². The minimum Gasteiger partial charge on any atom is -0.356 e. The molecule has 0 unspecified atom stereocenters. The normalized spacial score (nSPS) is 13.9. The molecule has 8 nitrogen and oxygen atoms in total. The zero-order valence-electron chi connectivity index (χ0n) is 25.9. The van der Waals surface area contributed by atoms with Gasteiger partial charge >= 0.3 is 6.18 Å². The summed E-state index contributed by atoms with van der Waals surface area (Å²) in [6.45, 7) is 11.1. The molecule has 2 N–H and O–H groups in total. The van der Waals surface area contributed by atoms with Crippen LogP contribution < -0.4 is 10.6 Å². The number of nitrogens with zero attached hydrogens (tertiary/aromatic N) is 5. The molecule has 1 amide bonds. The summed E-state index contributed by atoms with van der Waals surface area (Å²) in [6, 6.07) is 10.9. The van der Waals surface area contributed by atoms with Crippen molar-refractivity contribution in [3.05, 3.63) is 87.6 Å². The highest BCUT2D eigenvalue weighted by Crippen LogP contribution is 2.34. The van der Waals surface area contributed by atoms with E-state index in [9.17, 15) is 18.0 Å². The van der Waals surface area contributed by atoms with Gasteiger partial charge in [0.1, 0.15) is 0 Å². The third-order valence-corrected chi connectivity index (χ3v) is 7.40. The van der Waals surface area contributed by atoms with Gasteiger partial charge in [0.05, 0.1) is 5.56 Å². The topological polar surface area (TPSA) is 77.8 Å². The van der Waals surface area contributed by atoms with E-state index in [1.54, 1.807) is 36.0 Å². The summed E-state index contributed by atoms with van der Waals surface area (Å²) in [6.07, 6.45) is -2.75. The van der Waals surface area contributed by atoms with Gasteiger partial charge in [-0.2, -0.15) is 18.2 Å². The number of rotatable bonds is 5. The summed E-state index contributed by atoms with van der Waals surface area (Å²) in [4.78, 5) is 21.6. The predicted octanol–water partition coefficient (Wildman–Crippen LogP) is 5.83. The molecule has 3 heterocycles. The first-order valence-electron chi connectivity index (χ1n) is 14.6. The Morgan fingerprint density at radius 2 is 1.66 bits per heavy atom. The highest BCUT2D eigenvalue weighted by atomic mass is 19.4. The van der Waals surface area contributed by atoms with Crippen molar-refractivity contribution in [3.63, 3.8) is 0 Å². The van der Waals surface area contributed by atoms with E-state index in [4.69, 9.17) is 0 Å². The van der Waals surface area contributed by atoms with Gasteiger partial charge in [-0.25, -0.2) is 4.52 Å². The Kier molecular flexibility index (Phi) is 10.3. The number of benzene rings is 2. The van der Waals surface area contributed by atoms with E-state index in [0.29, 0.717) is 35.8 Å². The van der Waals surface area contributed by atoms with Gasteiger partial charge in [-0.15, -0.1) is 5.10 Å². The van der Waals surface area contributed by atoms with E-state index >= 15 is 0 Å². The van der Waals surface area contributed by atoms with Crippen molar-refractivity contribution < 1.29 is 18.0 Å². The minimum absolute atomic E-state index is 0.0837. The van der Waals surface area contributed by atoms with Crippen molar-refractivity contribution in [2.45, 2.75) is 40.4 Å². The number of carbonyl (C=O) groups is 1. The Balaban J connectivity index is 0.00000216. The molecule has 11 heteroatoms. The summed E-state index contributed by atoms with van der Waals surface area (Å²) < 4.78 is 43.6. The van der Waals surface area contributed by atoms with Crippen LogP contribution in [0.2, 0.25) is 0 Å². The highest BCUT2D eigenvalue weighted by Gasteiger charge is 2.34. The van der Waals surface area contributed by atoms with Crippen LogP contribution >= 0.6 is 0 Å². The van der Waals surface area contributed by atoms with Crippen LogP contribution in [-0.4, -0.2) is 70.6 Å². The SMILES string of the molecule is CC.CNc1nc2cc(C)c(C#Cc3cc(C(=O)Nc4ccc(CN5CCN(C)CC5)c(C(F)(F)F)c4)ccc3C)cn2n1. The Bertz CT molecular complexity index is 1690. The van der Waals surface area contributed by atoms with Gasteiger partial charge < -0.3 is 15.5 Å². The third-order valence-electron chi connectivity index (χ3n) is 7.40. The number of hydrogen-bond donors (Lipinski definition) is 2. The van der Waals surface area contributed by atoms with Gasteiger partial charge in [-0.3, -0.25) is 9.69 Å². The van der Waals surface area contributed by atoms with Crippen LogP contribution in [0.25, 0.3) is 5.65 Å². The first-order valence-corrected chi connectivity index (χ1v) is 14.6. The molecule has 5 rings (SSSR count). The molecule has 1 saturated heterocycles. The first-order chi connectivity index (χ1) is 21.0. The number of likely N-dealkylation sites (N-methyl/N-ethyl adjacent to an activating group) is 1. The number of aromatic nitrogens is 3. The van der Waals surface area contributed by atoms with E-state index in [-0.39, 0.29) is 17.8 Å². The lowest BCUT2D eigenvalue weighted by Crippen LogP contribution is -2.44. The largest absolute Gasteiger partial charge is 0.416 e. The molecule has 1 aliphatic heterocycles. The number of hydrogen-bond acceptors (Lipinski definition) is 6. The second-order valence-electron chi connectivity index (χ2n) is 10.5. The molecule has 2 aromatic carbocycles. The van der Waals surface area contributed by atoms with Crippen molar-refractivity contribution in [2.75, 3.05) is 50.9 Å². The fourth-order valence-electron chi connectivity index (χ4n) is 4.80. The van der Waals surface area contributed by atoms with Crippen LogP contribution in [0.5, 0.6) is 0 Å². The Morgan fingerprint density at radius 1 is 0.955 bits per heavy atom. The molecular formula is C33H38F3N7O. The van der Waals surface area contributed by atoms with Crippen molar-refractivity contribution in [3.8, 4) is 11.8 Å². The monoisotopic (exact) mass is 605 g/mol. The maximum absolute atomic E-state index is 14.0. The lowest BCUT2D eigenvalue weighted by molar-refractivity contribution is -0.138. The molecule has 2 aromatic heterocycles. The van der Waals surface area contributed by atoms with Gasteiger partial charge in [0, 0.05) is 68.3 Å². The molecule has 232 valence electrons. The second-order valence-corrected chi connectivity index (χ2v) is 10.5. The first kappa shape index (κ1) is 32.5. The number of aryl methyl sites for hydroxylation is 2. The zero-order valence-corrected chi connectivity index (χ0v) is 25.9. The quantitative estimate of drug-likeness (QED) is 0.279. The maximum atomic E-state index is 14.0. The molecule has 0 aliphatic carbocycles. The molecule has 0 radical (unpaired) electrons. The van der Waals surface area contributed by atoms with Crippen molar-refractivity contribution >= 4 is 23.2 Å². The molecule has 0 spiro atoms. The third kappa shape index (κ3) is 7.75. The fourth-order valence-corrected chi connectivity index (χ4v) is 4.80. The van der Waals surface area contributed by atoms with E-state index in [2.05, 4.69) is 37.5 Å². The Labute approximate surface area is 256 Å². The standard InChI is InChI=1S/C31H32F3N7O.C2H6/c1-20-5-6-23(16-22(20)7-8-24-19-41-28(15-21(24)2)37-30(35-3)38-41)29(42)36-26-10-9-25(27(17-26)31(32,33)34)18-40-13-11-39(4)12-14-40;1-2/h5-6,9-10,15-17,19H,11-14,18H2,1-4H3,(H,35,38)(H,36,42);1-2H3. The van der Waals surface area contributed by atoms with E-state index in [1.807, 2.05) is 45.7 Å². The van der Waals surface area contributed by atoms with Crippen molar-refractivity contribution in [2.24, 2.45) is 0 Å². The fraction of sp³-hybridized carbons (Fsp3) is 0.364. The lowest BCUT2D eigenvalue weighted by atomic mass is 10.0. The number of pyridine rings is 1. The van der Waals surface area contributed by atoms with Crippen LogP contribution in [-0.2, 0) is 12.7 Å². The molecule has 0 saturated carbocycles. The second kappa shape index (κ2) is 13.9.